The summed E-state index contributed by atoms with van der Waals surface area (Å²) in [6.45, 7) is 6.76. The monoisotopic (exact) mass is 389 g/mol. The Morgan fingerprint density at radius 1 is 1.25 bits per heavy atom. The van der Waals surface area contributed by atoms with Crippen LogP contribution >= 0.6 is 0 Å². The van der Waals surface area contributed by atoms with Gasteiger partial charge in [0.2, 0.25) is 11.8 Å². The van der Waals surface area contributed by atoms with E-state index < -0.39 is 11.9 Å². The molecule has 1 aromatic rings. The Morgan fingerprint density at radius 2 is 2.00 bits per heavy atom. The number of nitrogens with one attached hydrogen (secondary N) is 1. The van der Waals surface area contributed by atoms with Crippen LogP contribution in [0.2, 0.25) is 0 Å². The van der Waals surface area contributed by atoms with E-state index in [0.717, 1.165) is 32.8 Å². The Bertz CT molecular complexity index is 718. The quantitative estimate of drug-likeness (QED) is 0.690. The van der Waals surface area contributed by atoms with Crippen LogP contribution in [0.25, 0.3) is 0 Å². The third-order valence-corrected chi connectivity index (χ3v) is 5.02. The molecular weight excluding hydrogens is 362 g/mol. The molecule has 8 heteroatoms. The summed E-state index contributed by atoms with van der Waals surface area (Å²) in [5.41, 5.74) is 0.834. The van der Waals surface area contributed by atoms with Crippen LogP contribution in [0.15, 0.2) is 24.3 Å². The van der Waals surface area contributed by atoms with Gasteiger partial charge in [-0.05, 0) is 19.1 Å². The van der Waals surface area contributed by atoms with E-state index in [1.165, 1.54) is 4.90 Å². The zero-order chi connectivity index (χ0) is 19.9. The molecule has 0 aromatic heterocycles. The van der Waals surface area contributed by atoms with Crippen molar-refractivity contribution in [2.75, 3.05) is 57.4 Å². The smallest absolute Gasteiger partial charge is 0.340 e. The first kappa shape index (κ1) is 20.3. The molecule has 0 bridgehead atoms. The van der Waals surface area contributed by atoms with Gasteiger partial charge in [0.05, 0.1) is 37.0 Å². The van der Waals surface area contributed by atoms with Crippen molar-refractivity contribution in [1.29, 1.82) is 0 Å². The van der Waals surface area contributed by atoms with Crippen molar-refractivity contribution in [3.05, 3.63) is 29.8 Å². The third-order valence-electron chi connectivity index (χ3n) is 5.02. The molecule has 0 radical (unpaired) electrons. The van der Waals surface area contributed by atoms with Gasteiger partial charge in [-0.3, -0.25) is 14.5 Å². The standard InChI is InChI=1S/C20H27N3O5/c1-2-28-20(26)16-5-3-4-6-17(16)23-14-15(13-18(23)24)19(25)21-7-8-22-9-11-27-12-10-22/h3-6,15H,2,7-14H2,1H3,(H,21,25). The molecule has 28 heavy (non-hydrogen) atoms. The summed E-state index contributed by atoms with van der Waals surface area (Å²) in [5.74, 6) is -1.18. The molecule has 0 spiro atoms. The number of benzene rings is 1. The highest BCUT2D eigenvalue weighted by Crippen LogP contribution is 2.28. The van der Waals surface area contributed by atoms with Crippen molar-refractivity contribution in [2.24, 2.45) is 5.92 Å². The summed E-state index contributed by atoms with van der Waals surface area (Å²) in [5, 5.41) is 2.93. The number of para-hydroxylation sites is 1. The molecule has 1 unspecified atom stereocenters. The van der Waals surface area contributed by atoms with E-state index in [0.29, 0.717) is 17.8 Å². The third kappa shape index (κ3) is 4.88. The fourth-order valence-electron chi connectivity index (χ4n) is 3.51. The molecule has 2 saturated heterocycles. The Balaban J connectivity index is 1.57. The van der Waals surface area contributed by atoms with Crippen LogP contribution < -0.4 is 10.2 Å². The van der Waals surface area contributed by atoms with E-state index in [4.69, 9.17) is 9.47 Å². The van der Waals surface area contributed by atoms with Gasteiger partial charge in [-0.1, -0.05) is 12.1 Å². The van der Waals surface area contributed by atoms with Gasteiger partial charge in [0.1, 0.15) is 0 Å². The number of hydrogen-bond donors (Lipinski definition) is 1. The van der Waals surface area contributed by atoms with Gasteiger partial charge in [0, 0.05) is 39.1 Å². The van der Waals surface area contributed by atoms with Gasteiger partial charge >= 0.3 is 5.97 Å². The number of anilines is 1. The lowest BCUT2D eigenvalue weighted by atomic mass is 10.1. The highest BCUT2D eigenvalue weighted by atomic mass is 16.5. The van der Waals surface area contributed by atoms with Crippen LogP contribution in [-0.4, -0.2) is 75.2 Å². The lowest BCUT2D eigenvalue weighted by Crippen LogP contribution is -2.42. The highest BCUT2D eigenvalue weighted by molar-refractivity contribution is 6.05. The van der Waals surface area contributed by atoms with Crippen molar-refractivity contribution in [3.63, 3.8) is 0 Å². The Kier molecular flexibility index (Phi) is 7.00. The van der Waals surface area contributed by atoms with E-state index in [1.807, 2.05) is 0 Å². The molecule has 2 aliphatic rings. The van der Waals surface area contributed by atoms with E-state index in [9.17, 15) is 14.4 Å². The Morgan fingerprint density at radius 3 is 2.75 bits per heavy atom. The topological polar surface area (TPSA) is 88.2 Å². The number of esters is 1. The predicted octanol–water partition coefficient (Wildman–Crippen LogP) is 0.665. The van der Waals surface area contributed by atoms with Crippen molar-refractivity contribution in [1.82, 2.24) is 10.2 Å². The van der Waals surface area contributed by atoms with Gasteiger partial charge in [-0.15, -0.1) is 0 Å². The maximum absolute atomic E-state index is 12.5. The molecule has 2 aliphatic heterocycles. The van der Waals surface area contributed by atoms with E-state index in [1.54, 1.807) is 31.2 Å². The summed E-state index contributed by atoms with van der Waals surface area (Å²) in [4.78, 5) is 41.0. The number of ether oxygens (including phenoxy) is 2. The summed E-state index contributed by atoms with van der Waals surface area (Å²) < 4.78 is 10.4. The van der Waals surface area contributed by atoms with Gasteiger partial charge in [-0.25, -0.2) is 4.79 Å². The van der Waals surface area contributed by atoms with Gasteiger partial charge < -0.3 is 19.7 Å². The minimum Gasteiger partial charge on any atom is -0.462 e. The summed E-state index contributed by atoms with van der Waals surface area (Å²) in [7, 11) is 0. The van der Waals surface area contributed by atoms with Crippen molar-refractivity contribution in [3.8, 4) is 0 Å². The molecule has 2 heterocycles. The maximum Gasteiger partial charge on any atom is 0.340 e. The fraction of sp³-hybridized carbons (Fsp3) is 0.550. The molecule has 1 aromatic carbocycles. The van der Waals surface area contributed by atoms with Crippen LogP contribution in [0.4, 0.5) is 5.69 Å². The summed E-state index contributed by atoms with van der Waals surface area (Å²) in [6, 6.07) is 6.84. The molecule has 8 nitrogen and oxygen atoms in total. The SMILES string of the molecule is CCOC(=O)c1ccccc1N1CC(C(=O)NCCN2CCOCC2)CC1=O. The molecule has 152 valence electrons. The van der Waals surface area contributed by atoms with E-state index in [-0.39, 0.29) is 31.4 Å². The largest absolute Gasteiger partial charge is 0.462 e. The number of carbonyl (C=O) groups excluding carboxylic acids is 3. The first-order valence-corrected chi connectivity index (χ1v) is 9.74. The van der Waals surface area contributed by atoms with Crippen LogP contribution in [0.5, 0.6) is 0 Å². The normalized spacial score (nSPS) is 20.2. The molecule has 2 amide bonds. The van der Waals surface area contributed by atoms with Crippen molar-refractivity contribution in [2.45, 2.75) is 13.3 Å². The van der Waals surface area contributed by atoms with Crippen LogP contribution in [0.1, 0.15) is 23.7 Å². The number of amides is 2. The molecular formula is C20H27N3O5. The first-order chi connectivity index (χ1) is 13.6. The molecule has 2 fully saturated rings. The number of morpholine rings is 1. The zero-order valence-corrected chi connectivity index (χ0v) is 16.2. The molecule has 1 N–H and O–H groups in total. The number of nitrogens with zero attached hydrogens (tertiary/aromatic N) is 2. The van der Waals surface area contributed by atoms with Crippen LogP contribution in [-0.2, 0) is 19.1 Å². The van der Waals surface area contributed by atoms with Gasteiger partial charge in [0.25, 0.3) is 0 Å². The van der Waals surface area contributed by atoms with Gasteiger partial charge in [-0.2, -0.15) is 0 Å². The maximum atomic E-state index is 12.5. The average molecular weight is 389 g/mol. The van der Waals surface area contributed by atoms with Crippen molar-refractivity contribution >= 4 is 23.5 Å². The van der Waals surface area contributed by atoms with Gasteiger partial charge in [0.15, 0.2) is 0 Å². The Hall–Kier alpha value is -2.45. The lowest BCUT2D eigenvalue weighted by molar-refractivity contribution is -0.126. The second kappa shape index (κ2) is 9.66. The highest BCUT2D eigenvalue weighted by Gasteiger charge is 2.36. The first-order valence-electron chi connectivity index (χ1n) is 9.74. The summed E-state index contributed by atoms with van der Waals surface area (Å²) >= 11 is 0. The number of hydrogen-bond acceptors (Lipinski definition) is 6. The van der Waals surface area contributed by atoms with Crippen LogP contribution in [0.3, 0.4) is 0 Å². The second-order valence-corrected chi connectivity index (χ2v) is 6.89. The second-order valence-electron chi connectivity index (χ2n) is 6.89. The average Bonchev–Trinajstić information content (AvgIpc) is 3.10. The Labute approximate surface area is 164 Å². The summed E-state index contributed by atoms with van der Waals surface area (Å²) in [6.07, 6.45) is 0.139. The fourth-order valence-corrected chi connectivity index (χ4v) is 3.51. The molecule has 0 saturated carbocycles. The lowest BCUT2D eigenvalue weighted by Gasteiger charge is -2.26. The van der Waals surface area contributed by atoms with E-state index >= 15 is 0 Å². The molecule has 3 rings (SSSR count). The van der Waals surface area contributed by atoms with E-state index in [2.05, 4.69) is 10.2 Å². The number of rotatable bonds is 7. The van der Waals surface area contributed by atoms with Crippen LogP contribution in [0, 0.1) is 5.92 Å². The number of carbonyl (C=O) groups is 3. The predicted molar refractivity (Wildman–Crippen MR) is 103 cm³/mol. The minimum absolute atomic E-state index is 0.127. The minimum atomic E-state index is -0.468. The zero-order valence-electron chi connectivity index (χ0n) is 16.2. The van der Waals surface area contributed by atoms with Crippen molar-refractivity contribution < 1.29 is 23.9 Å². The molecule has 0 aliphatic carbocycles. The molecule has 1 atom stereocenters.